The third kappa shape index (κ3) is 23.1. The maximum Gasteiger partial charge on any atom is 0.251 e. The lowest BCUT2D eigenvalue weighted by Crippen LogP contribution is -2.36. The van der Waals surface area contributed by atoms with Crippen LogP contribution in [0.1, 0.15) is 203 Å². The standard InChI is InChI=1S/C43H78N2O3/c1-3-5-7-9-11-13-15-17-19-21-23-25-34-47-38-42(48-35-26-24-22-20-18-16-14-12-10-8-6-4-2)37-45-43(46)41-29-27-28-40(36-41)39-30-32-44-33-31-39/h27-29,36,39,42,44H,3-26,30-35,37-38H2,1-2H3,(H,45,46). The molecular weight excluding hydrogens is 592 g/mol. The average molecular weight is 671 g/mol. The van der Waals surface area contributed by atoms with E-state index < -0.39 is 0 Å². The molecule has 5 nitrogen and oxygen atoms in total. The van der Waals surface area contributed by atoms with Crippen LogP contribution in [0.5, 0.6) is 0 Å². The van der Waals surface area contributed by atoms with Gasteiger partial charge in [0.1, 0.15) is 0 Å². The van der Waals surface area contributed by atoms with Gasteiger partial charge >= 0.3 is 0 Å². The second-order valence-electron chi connectivity index (χ2n) is 14.7. The fourth-order valence-corrected chi connectivity index (χ4v) is 7.02. The summed E-state index contributed by atoms with van der Waals surface area (Å²) in [5.74, 6) is 0.532. The van der Waals surface area contributed by atoms with Gasteiger partial charge in [-0.1, -0.05) is 167 Å². The Labute approximate surface area is 297 Å². The largest absolute Gasteiger partial charge is 0.379 e. The van der Waals surface area contributed by atoms with Crippen molar-refractivity contribution in [3.05, 3.63) is 35.4 Å². The highest BCUT2D eigenvalue weighted by Crippen LogP contribution is 2.25. The molecule has 0 aromatic heterocycles. The van der Waals surface area contributed by atoms with Crippen molar-refractivity contribution in [3.63, 3.8) is 0 Å². The summed E-state index contributed by atoms with van der Waals surface area (Å²) in [5, 5.41) is 6.61. The van der Waals surface area contributed by atoms with Gasteiger partial charge < -0.3 is 20.1 Å². The van der Waals surface area contributed by atoms with Crippen molar-refractivity contribution < 1.29 is 14.3 Å². The lowest BCUT2D eigenvalue weighted by atomic mass is 9.89. The van der Waals surface area contributed by atoms with E-state index in [0.29, 0.717) is 19.1 Å². The van der Waals surface area contributed by atoms with Crippen molar-refractivity contribution in [2.24, 2.45) is 0 Å². The molecule has 2 rings (SSSR count). The average Bonchev–Trinajstić information content (AvgIpc) is 3.12. The second kappa shape index (κ2) is 31.5. The van der Waals surface area contributed by atoms with Crippen molar-refractivity contribution in [2.45, 2.75) is 193 Å². The number of amides is 1. The van der Waals surface area contributed by atoms with Gasteiger partial charge in [0.25, 0.3) is 5.91 Å². The lowest BCUT2D eigenvalue weighted by Gasteiger charge is -2.23. The Morgan fingerprint density at radius 2 is 1.17 bits per heavy atom. The Morgan fingerprint density at radius 1 is 0.688 bits per heavy atom. The van der Waals surface area contributed by atoms with E-state index in [4.69, 9.17) is 9.47 Å². The van der Waals surface area contributed by atoms with Gasteiger partial charge in [-0.05, 0) is 62.4 Å². The number of benzene rings is 1. The van der Waals surface area contributed by atoms with Gasteiger partial charge in [-0.15, -0.1) is 0 Å². The molecule has 278 valence electrons. The first-order valence-electron chi connectivity index (χ1n) is 21.0. The fraction of sp³-hybridized carbons (Fsp3) is 0.837. The third-order valence-electron chi connectivity index (χ3n) is 10.2. The number of hydrogen-bond donors (Lipinski definition) is 2. The molecule has 1 atom stereocenters. The van der Waals surface area contributed by atoms with Crippen molar-refractivity contribution in [2.75, 3.05) is 39.5 Å². The Morgan fingerprint density at radius 3 is 1.69 bits per heavy atom. The molecule has 1 fully saturated rings. The van der Waals surface area contributed by atoms with Crippen LogP contribution in [-0.4, -0.2) is 51.5 Å². The van der Waals surface area contributed by atoms with Gasteiger partial charge in [-0.2, -0.15) is 0 Å². The van der Waals surface area contributed by atoms with E-state index in [1.54, 1.807) is 0 Å². The van der Waals surface area contributed by atoms with Gasteiger partial charge in [0.05, 0.1) is 12.7 Å². The number of piperidine rings is 1. The van der Waals surface area contributed by atoms with Crippen LogP contribution < -0.4 is 10.6 Å². The van der Waals surface area contributed by atoms with Crippen LogP contribution in [0, 0.1) is 0 Å². The van der Waals surface area contributed by atoms with E-state index in [2.05, 4.69) is 36.6 Å². The van der Waals surface area contributed by atoms with Gasteiger partial charge in [0, 0.05) is 25.3 Å². The predicted octanol–water partition coefficient (Wildman–Crippen LogP) is 11.7. The van der Waals surface area contributed by atoms with Gasteiger partial charge in [0.15, 0.2) is 0 Å². The van der Waals surface area contributed by atoms with E-state index >= 15 is 0 Å². The smallest absolute Gasteiger partial charge is 0.251 e. The summed E-state index contributed by atoms with van der Waals surface area (Å²) in [6, 6.07) is 8.24. The van der Waals surface area contributed by atoms with Crippen LogP contribution >= 0.6 is 0 Å². The number of unbranched alkanes of at least 4 members (excludes halogenated alkanes) is 22. The van der Waals surface area contributed by atoms with Gasteiger partial charge in [-0.25, -0.2) is 0 Å². The number of carbonyl (C=O) groups is 1. The Bertz CT molecular complexity index is 856. The Balaban J connectivity index is 1.63. The molecule has 0 bridgehead atoms. The monoisotopic (exact) mass is 671 g/mol. The summed E-state index contributed by atoms with van der Waals surface area (Å²) < 4.78 is 12.4. The zero-order chi connectivity index (χ0) is 34.2. The van der Waals surface area contributed by atoms with E-state index in [0.717, 1.165) is 57.6 Å². The summed E-state index contributed by atoms with van der Waals surface area (Å²) in [5.41, 5.74) is 2.04. The molecule has 1 saturated heterocycles. The Kier molecular flexibility index (Phi) is 28.1. The molecule has 1 aliphatic rings. The molecule has 0 aliphatic carbocycles. The minimum absolute atomic E-state index is 0.00860. The topological polar surface area (TPSA) is 59.6 Å². The number of hydrogen-bond acceptors (Lipinski definition) is 4. The molecule has 1 amide bonds. The molecule has 1 aromatic carbocycles. The quantitative estimate of drug-likeness (QED) is 0.0731. The van der Waals surface area contributed by atoms with Crippen LogP contribution in [-0.2, 0) is 9.47 Å². The first-order chi connectivity index (χ1) is 23.7. The van der Waals surface area contributed by atoms with E-state index in [9.17, 15) is 4.79 Å². The molecule has 0 saturated carbocycles. The summed E-state index contributed by atoms with van der Waals surface area (Å²) in [7, 11) is 0. The van der Waals surface area contributed by atoms with Crippen molar-refractivity contribution in [1.29, 1.82) is 0 Å². The first kappa shape index (κ1) is 42.7. The summed E-state index contributed by atoms with van der Waals surface area (Å²) >= 11 is 0. The van der Waals surface area contributed by atoms with Gasteiger partial charge in [0.2, 0.25) is 0 Å². The number of ether oxygens (including phenoxy) is 2. The molecule has 2 N–H and O–H groups in total. The van der Waals surface area contributed by atoms with E-state index in [1.165, 1.54) is 147 Å². The van der Waals surface area contributed by atoms with Crippen LogP contribution in [0.2, 0.25) is 0 Å². The lowest BCUT2D eigenvalue weighted by molar-refractivity contribution is -0.0170. The predicted molar refractivity (Wildman–Crippen MR) is 206 cm³/mol. The van der Waals surface area contributed by atoms with Crippen molar-refractivity contribution >= 4 is 5.91 Å². The fourth-order valence-electron chi connectivity index (χ4n) is 7.02. The first-order valence-corrected chi connectivity index (χ1v) is 21.0. The Hall–Kier alpha value is -1.43. The molecule has 48 heavy (non-hydrogen) atoms. The SMILES string of the molecule is CCCCCCCCCCCCCCOCC(CNC(=O)c1cccc(C2CCNCC2)c1)OCCCCCCCCCCCCCC. The summed E-state index contributed by atoms with van der Waals surface area (Å²) in [6.45, 7) is 9.24. The molecule has 1 heterocycles. The minimum atomic E-state index is -0.105. The van der Waals surface area contributed by atoms with Crippen LogP contribution in [0.25, 0.3) is 0 Å². The van der Waals surface area contributed by atoms with E-state index in [1.807, 2.05) is 12.1 Å². The molecular formula is C43H78N2O3. The number of rotatable bonds is 33. The highest BCUT2D eigenvalue weighted by atomic mass is 16.5. The maximum absolute atomic E-state index is 13.2. The zero-order valence-corrected chi connectivity index (χ0v) is 31.8. The van der Waals surface area contributed by atoms with Gasteiger partial charge in [-0.3, -0.25) is 4.79 Å². The number of nitrogens with one attached hydrogen (secondary N) is 2. The zero-order valence-electron chi connectivity index (χ0n) is 31.8. The highest BCUT2D eigenvalue weighted by molar-refractivity contribution is 5.94. The minimum Gasteiger partial charge on any atom is -0.379 e. The number of carbonyl (C=O) groups excluding carboxylic acids is 1. The van der Waals surface area contributed by atoms with E-state index in [-0.39, 0.29) is 12.0 Å². The molecule has 5 heteroatoms. The highest BCUT2D eigenvalue weighted by Gasteiger charge is 2.18. The molecule has 1 aliphatic heterocycles. The second-order valence-corrected chi connectivity index (χ2v) is 14.7. The van der Waals surface area contributed by atoms with Crippen LogP contribution in [0.15, 0.2) is 24.3 Å². The van der Waals surface area contributed by atoms with Crippen molar-refractivity contribution in [1.82, 2.24) is 10.6 Å². The van der Waals surface area contributed by atoms with Crippen molar-refractivity contribution in [3.8, 4) is 0 Å². The normalized spacial score (nSPS) is 14.4. The van der Waals surface area contributed by atoms with Crippen LogP contribution in [0.4, 0.5) is 0 Å². The molecule has 0 radical (unpaired) electrons. The summed E-state index contributed by atoms with van der Waals surface area (Å²) in [6.07, 6.45) is 34.4. The third-order valence-corrected chi connectivity index (χ3v) is 10.2. The van der Waals surface area contributed by atoms with Crippen LogP contribution in [0.3, 0.4) is 0 Å². The molecule has 1 unspecified atom stereocenters. The molecule has 0 spiro atoms. The summed E-state index contributed by atoms with van der Waals surface area (Å²) in [4.78, 5) is 13.2. The maximum atomic E-state index is 13.2. The molecule has 1 aromatic rings.